The summed E-state index contributed by atoms with van der Waals surface area (Å²) >= 11 is 0. The number of allylic oxidation sites excluding steroid dienone is 2. The van der Waals surface area contributed by atoms with Crippen molar-refractivity contribution < 1.29 is 4.58 Å². The molecule has 4 aromatic rings. The van der Waals surface area contributed by atoms with Crippen molar-refractivity contribution in [2.24, 2.45) is 0 Å². The first-order chi connectivity index (χ1) is 19.0. The number of likely N-dealkylation sites (N-methyl/N-ethyl adjacent to an activating group) is 1. The van der Waals surface area contributed by atoms with E-state index >= 15 is 0 Å². The number of benzene rings is 4. The summed E-state index contributed by atoms with van der Waals surface area (Å²) in [5.41, 5.74) is 10.8. The third-order valence-corrected chi connectivity index (χ3v) is 9.00. The van der Waals surface area contributed by atoms with Crippen molar-refractivity contribution in [3.8, 4) is 0 Å². The maximum Gasteiger partial charge on any atom is 0.209 e. The van der Waals surface area contributed by atoms with Gasteiger partial charge in [-0.25, -0.2) is 0 Å². The highest BCUT2D eigenvalue weighted by molar-refractivity contribution is 6.05. The molecule has 0 saturated heterocycles. The SMILES string of the molecule is CCN1C(=CC2=[N+](CC)c3ccccc3C2(C)Cc2ccccc2)C(C)(Cc2ccccc2)c2ccccc21. The molecule has 2 heterocycles. The molecule has 196 valence electrons. The van der Waals surface area contributed by atoms with Gasteiger partial charge in [-0.05, 0) is 63.3 Å². The highest BCUT2D eigenvalue weighted by Gasteiger charge is 2.50. The molecule has 0 radical (unpaired) electrons. The molecular formula is C37H39N2+. The van der Waals surface area contributed by atoms with Crippen LogP contribution in [0.1, 0.15) is 49.9 Å². The molecule has 2 aliphatic heterocycles. The fourth-order valence-corrected chi connectivity index (χ4v) is 7.15. The van der Waals surface area contributed by atoms with Gasteiger partial charge in [0, 0.05) is 41.1 Å². The minimum absolute atomic E-state index is 0.136. The molecule has 0 bridgehead atoms. The number of para-hydroxylation sites is 2. The van der Waals surface area contributed by atoms with Crippen LogP contribution in [0.15, 0.2) is 121 Å². The van der Waals surface area contributed by atoms with Crippen LogP contribution >= 0.6 is 0 Å². The molecule has 6 rings (SSSR count). The maximum atomic E-state index is 2.57. The summed E-state index contributed by atoms with van der Waals surface area (Å²) in [6.45, 7) is 11.4. The third-order valence-electron chi connectivity index (χ3n) is 9.00. The lowest BCUT2D eigenvalue weighted by Gasteiger charge is -2.31. The fourth-order valence-electron chi connectivity index (χ4n) is 7.15. The number of rotatable bonds is 7. The van der Waals surface area contributed by atoms with Crippen molar-refractivity contribution in [2.45, 2.75) is 51.4 Å². The van der Waals surface area contributed by atoms with Crippen LogP contribution in [0.2, 0.25) is 0 Å². The van der Waals surface area contributed by atoms with Crippen LogP contribution in [0.4, 0.5) is 11.4 Å². The van der Waals surface area contributed by atoms with E-state index in [9.17, 15) is 0 Å². The first-order valence-electron chi connectivity index (χ1n) is 14.4. The lowest BCUT2D eigenvalue weighted by atomic mass is 9.72. The Kier molecular flexibility index (Phi) is 6.51. The first-order valence-corrected chi connectivity index (χ1v) is 14.4. The summed E-state index contributed by atoms with van der Waals surface area (Å²) in [7, 11) is 0. The van der Waals surface area contributed by atoms with Crippen molar-refractivity contribution in [2.75, 3.05) is 18.0 Å². The van der Waals surface area contributed by atoms with Crippen molar-refractivity contribution in [1.29, 1.82) is 0 Å². The molecule has 0 aromatic heterocycles. The van der Waals surface area contributed by atoms with Crippen LogP contribution in [0.5, 0.6) is 0 Å². The van der Waals surface area contributed by atoms with Gasteiger partial charge in [-0.15, -0.1) is 0 Å². The molecule has 0 spiro atoms. The molecule has 2 aliphatic rings. The van der Waals surface area contributed by atoms with Gasteiger partial charge in [0.15, 0.2) is 5.71 Å². The molecular weight excluding hydrogens is 472 g/mol. The summed E-state index contributed by atoms with van der Waals surface area (Å²) in [5, 5.41) is 0. The Morgan fingerprint density at radius 3 is 1.79 bits per heavy atom. The van der Waals surface area contributed by atoms with Crippen LogP contribution in [0.3, 0.4) is 0 Å². The molecule has 0 aliphatic carbocycles. The predicted molar refractivity (Wildman–Crippen MR) is 164 cm³/mol. The third kappa shape index (κ3) is 4.14. The first kappa shape index (κ1) is 25.4. The van der Waals surface area contributed by atoms with E-state index in [4.69, 9.17) is 0 Å². The molecule has 0 saturated carbocycles. The summed E-state index contributed by atoms with van der Waals surface area (Å²) in [6, 6.07) is 40.1. The van der Waals surface area contributed by atoms with Gasteiger partial charge < -0.3 is 4.90 Å². The Balaban J connectivity index is 1.57. The van der Waals surface area contributed by atoms with E-state index in [0.717, 1.165) is 25.9 Å². The smallest absolute Gasteiger partial charge is 0.209 e. The zero-order valence-corrected chi connectivity index (χ0v) is 23.7. The maximum absolute atomic E-state index is 2.57. The van der Waals surface area contributed by atoms with Crippen LogP contribution in [-0.4, -0.2) is 23.4 Å². The topological polar surface area (TPSA) is 6.25 Å². The number of hydrogen-bond acceptors (Lipinski definition) is 1. The molecule has 39 heavy (non-hydrogen) atoms. The van der Waals surface area contributed by atoms with Crippen LogP contribution in [0, 0.1) is 0 Å². The van der Waals surface area contributed by atoms with Gasteiger partial charge in [0.2, 0.25) is 5.69 Å². The predicted octanol–water partition coefficient (Wildman–Crippen LogP) is 8.23. The summed E-state index contributed by atoms with van der Waals surface area (Å²) < 4.78 is 2.56. The summed E-state index contributed by atoms with van der Waals surface area (Å²) in [4.78, 5) is 2.56. The Labute approximate surface area is 234 Å². The molecule has 0 fully saturated rings. The van der Waals surface area contributed by atoms with E-state index in [1.807, 2.05) is 0 Å². The number of hydrogen-bond donors (Lipinski definition) is 0. The minimum atomic E-state index is -0.136. The summed E-state index contributed by atoms with van der Waals surface area (Å²) in [6.07, 6.45) is 4.50. The highest BCUT2D eigenvalue weighted by Crippen LogP contribution is 2.51. The quantitative estimate of drug-likeness (QED) is 0.227. The Hall–Kier alpha value is -3.91. The summed E-state index contributed by atoms with van der Waals surface area (Å²) in [5.74, 6) is 0. The van der Waals surface area contributed by atoms with Crippen LogP contribution < -0.4 is 4.90 Å². The molecule has 2 unspecified atom stereocenters. The van der Waals surface area contributed by atoms with Crippen molar-refractivity contribution in [1.82, 2.24) is 0 Å². The second-order valence-electron chi connectivity index (χ2n) is 11.4. The molecule has 2 atom stereocenters. The van der Waals surface area contributed by atoms with Crippen LogP contribution in [0.25, 0.3) is 0 Å². The van der Waals surface area contributed by atoms with E-state index in [-0.39, 0.29) is 10.8 Å². The van der Waals surface area contributed by atoms with Crippen molar-refractivity contribution in [3.05, 3.63) is 143 Å². The zero-order valence-electron chi connectivity index (χ0n) is 23.7. The van der Waals surface area contributed by atoms with Gasteiger partial charge in [0.05, 0.1) is 5.41 Å². The lowest BCUT2D eigenvalue weighted by molar-refractivity contribution is -0.433. The molecule has 2 nitrogen and oxygen atoms in total. The Morgan fingerprint density at radius 1 is 0.641 bits per heavy atom. The molecule has 2 heteroatoms. The molecule has 0 amide bonds. The number of fused-ring (bicyclic) bond motifs is 2. The molecule has 4 aromatic carbocycles. The van der Waals surface area contributed by atoms with Gasteiger partial charge in [-0.1, -0.05) is 97.1 Å². The Bertz CT molecular complexity index is 1550. The monoisotopic (exact) mass is 511 g/mol. The Morgan fingerprint density at radius 2 is 1.18 bits per heavy atom. The van der Waals surface area contributed by atoms with E-state index in [2.05, 4.69) is 152 Å². The molecule has 0 N–H and O–H groups in total. The van der Waals surface area contributed by atoms with Gasteiger partial charge in [-0.3, -0.25) is 0 Å². The minimum Gasteiger partial charge on any atom is -0.344 e. The van der Waals surface area contributed by atoms with Gasteiger partial charge in [0.1, 0.15) is 6.54 Å². The van der Waals surface area contributed by atoms with E-state index in [1.54, 1.807) is 0 Å². The van der Waals surface area contributed by atoms with Gasteiger partial charge in [-0.2, -0.15) is 4.58 Å². The fraction of sp³-hybridized carbons (Fsp3) is 0.270. The average molecular weight is 512 g/mol. The second kappa shape index (κ2) is 10.0. The van der Waals surface area contributed by atoms with E-state index < -0.39 is 0 Å². The largest absolute Gasteiger partial charge is 0.344 e. The van der Waals surface area contributed by atoms with Crippen LogP contribution in [-0.2, 0) is 23.7 Å². The second-order valence-corrected chi connectivity index (χ2v) is 11.4. The number of nitrogens with zero attached hydrogens (tertiary/aromatic N) is 2. The van der Waals surface area contributed by atoms with Crippen molar-refractivity contribution >= 4 is 17.1 Å². The normalized spacial score (nSPS) is 22.9. The van der Waals surface area contributed by atoms with Gasteiger partial charge in [0.25, 0.3) is 0 Å². The van der Waals surface area contributed by atoms with E-state index in [0.29, 0.717) is 0 Å². The standard InChI is InChI=1S/C37H39N2/c1-5-38-32-23-15-13-21-30(32)36(3,26-28-17-9-7-10-18-28)34(38)25-35-37(4,27-29-19-11-8-12-20-29)31-22-14-16-24-33(31)39(35)6-2/h7-25H,5-6,26-27H2,1-4H3/q+1. The average Bonchev–Trinajstić information content (AvgIpc) is 3.34. The zero-order chi connectivity index (χ0) is 27.0. The number of anilines is 1. The highest BCUT2D eigenvalue weighted by atomic mass is 15.2. The lowest BCUT2D eigenvalue weighted by Crippen LogP contribution is -2.37. The van der Waals surface area contributed by atoms with Gasteiger partial charge >= 0.3 is 0 Å². The van der Waals surface area contributed by atoms with Crippen molar-refractivity contribution in [3.63, 3.8) is 0 Å². The van der Waals surface area contributed by atoms with E-state index in [1.165, 1.54) is 45.0 Å².